The molecule has 19 heavy (non-hydrogen) atoms. The molecule has 1 aromatic rings. The summed E-state index contributed by atoms with van der Waals surface area (Å²) in [6.45, 7) is 2.76. The molecule has 0 bridgehead atoms. The number of nitrogens with zero attached hydrogens (tertiary/aromatic N) is 2. The van der Waals surface area contributed by atoms with Crippen molar-refractivity contribution < 1.29 is 39.9 Å². The van der Waals surface area contributed by atoms with E-state index in [0.29, 0.717) is 6.54 Å². The quantitative estimate of drug-likeness (QED) is 0.403. The topological polar surface area (TPSA) is 56.7 Å². The van der Waals surface area contributed by atoms with Crippen molar-refractivity contribution >= 4 is 8.80 Å². The van der Waals surface area contributed by atoms with Gasteiger partial charge in [-0.2, -0.15) is 0 Å². The Bertz CT molecular complexity index is 352. The summed E-state index contributed by atoms with van der Waals surface area (Å²) < 4.78 is 20.5. The van der Waals surface area contributed by atoms with Gasteiger partial charge >= 0.3 is 8.80 Å². The lowest BCUT2D eigenvalue weighted by molar-refractivity contribution is -0.697. The molecule has 0 saturated heterocycles. The molecule has 1 N–H and O–H groups in total. The van der Waals surface area contributed by atoms with E-state index in [-0.39, 0.29) is 29.3 Å². The van der Waals surface area contributed by atoms with Crippen molar-refractivity contribution in [3.05, 3.63) is 18.7 Å². The van der Waals surface area contributed by atoms with Crippen molar-refractivity contribution in [3.63, 3.8) is 0 Å². The smallest absolute Gasteiger partial charge is 0.547 e. The van der Waals surface area contributed by atoms with E-state index in [1.807, 2.05) is 27.9 Å². The lowest BCUT2D eigenvalue weighted by Gasteiger charge is -2.29. The van der Waals surface area contributed by atoms with Gasteiger partial charge in [-0.25, -0.2) is 9.13 Å². The molecule has 1 aromatic heterocycles. The lowest BCUT2D eigenvalue weighted by atomic mass is 10.5. The predicted octanol–water partition coefficient (Wildman–Crippen LogP) is -2.86. The highest BCUT2D eigenvalue weighted by atomic mass is 79.9. The fourth-order valence-electron chi connectivity index (χ4n) is 2.14. The third-order valence-electron chi connectivity index (χ3n) is 3.08. The minimum Gasteiger partial charge on any atom is -1.00 e. The number of imidazole rings is 1. The molecule has 0 aliphatic heterocycles. The summed E-state index contributed by atoms with van der Waals surface area (Å²) in [7, 11) is 2.14. The second kappa shape index (κ2) is 8.83. The van der Waals surface area contributed by atoms with Gasteiger partial charge in [-0.15, -0.1) is 0 Å². The van der Waals surface area contributed by atoms with Crippen LogP contribution in [0.4, 0.5) is 0 Å². The van der Waals surface area contributed by atoms with Crippen LogP contribution in [0, 0.1) is 0 Å². The van der Waals surface area contributed by atoms with Gasteiger partial charge in [-0.1, -0.05) is 6.92 Å². The van der Waals surface area contributed by atoms with Crippen LogP contribution in [0.15, 0.2) is 18.7 Å². The van der Waals surface area contributed by atoms with Crippen LogP contribution in [0.5, 0.6) is 0 Å². The number of halogens is 1. The number of aromatic nitrogens is 2. The maximum absolute atomic E-state index is 8.93. The maximum Gasteiger partial charge on any atom is 0.547 e. The second-order valence-corrected chi connectivity index (χ2v) is 7.06. The molecule has 0 aliphatic rings. The standard InChI is InChI=1S/C11H23N2O4Si.BrH/c1-5-11(18(15-2,16-3)17-4)13-7-6-12(10-13)8-9-14;/h6-7,10-11,14H,5,8-9H2,1-4H3;1H/q+1;/p-1. The Morgan fingerprint density at radius 1 is 1.26 bits per heavy atom. The summed E-state index contributed by atoms with van der Waals surface area (Å²) in [5, 5.41) is 8.93. The van der Waals surface area contributed by atoms with Crippen LogP contribution in [0.2, 0.25) is 0 Å². The number of rotatable bonds is 8. The number of hydrogen-bond donors (Lipinski definition) is 1. The van der Waals surface area contributed by atoms with E-state index < -0.39 is 8.80 Å². The zero-order valence-corrected chi connectivity index (χ0v) is 14.5. The average molecular weight is 355 g/mol. The third-order valence-corrected chi connectivity index (χ3v) is 6.31. The van der Waals surface area contributed by atoms with Crippen LogP contribution in [0.3, 0.4) is 0 Å². The Kier molecular flexibility index (Phi) is 8.71. The highest BCUT2D eigenvalue weighted by Gasteiger charge is 2.50. The molecule has 0 aliphatic carbocycles. The predicted molar refractivity (Wildman–Crippen MR) is 67.8 cm³/mol. The van der Waals surface area contributed by atoms with E-state index in [9.17, 15) is 0 Å². The third kappa shape index (κ3) is 4.10. The van der Waals surface area contributed by atoms with Crippen LogP contribution in [-0.2, 0) is 19.8 Å². The highest BCUT2D eigenvalue weighted by Crippen LogP contribution is 2.25. The summed E-state index contributed by atoms with van der Waals surface area (Å²) in [4.78, 5) is 0. The van der Waals surface area contributed by atoms with E-state index in [4.69, 9.17) is 18.4 Å². The first-order valence-electron chi connectivity index (χ1n) is 6.00. The molecule has 1 atom stereocenters. The number of aliphatic hydroxyl groups excluding tert-OH is 1. The van der Waals surface area contributed by atoms with Gasteiger partial charge in [0.2, 0.25) is 6.33 Å². The molecule has 0 amide bonds. The van der Waals surface area contributed by atoms with Crippen LogP contribution < -0.4 is 21.5 Å². The van der Waals surface area contributed by atoms with Gasteiger partial charge in [-0.3, -0.25) is 0 Å². The van der Waals surface area contributed by atoms with Gasteiger partial charge in [0.15, 0.2) is 5.67 Å². The normalized spacial score (nSPS) is 13.1. The largest absolute Gasteiger partial charge is 1.00 e. The summed E-state index contributed by atoms with van der Waals surface area (Å²) in [6, 6.07) is 0. The molecule has 0 aromatic carbocycles. The molecular formula is C11H23BrN2O4Si. The van der Waals surface area contributed by atoms with Crippen LogP contribution in [0.25, 0.3) is 0 Å². The number of hydrogen-bond acceptors (Lipinski definition) is 4. The van der Waals surface area contributed by atoms with Crippen LogP contribution in [-0.4, -0.2) is 46.4 Å². The molecule has 1 rings (SSSR count). The summed E-state index contributed by atoms with van der Waals surface area (Å²) in [5.74, 6) is 0. The van der Waals surface area contributed by atoms with Gasteiger partial charge in [0.25, 0.3) is 0 Å². The maximum atomic E-state index is 8.93. The van der Waals surface area contributed by atoms with E-state index in [1.54, 1.807) is 21.3 Å². The molecule has 0 radical (unpaired) electrons. The van der Waals surface area contributed by atoms with E-state index in [0.717, 1.165) is 6.42 Å². The van der Waals surface area contributed by atoms with Gasteiger partial charge in [-0.05, 0) is 6.42 Å². The molecule has 0 fully saturated rings. The van der Waals surface area contributed by atoms with E-state index in [2.05, 4.69) is 6.92 Å². The highest BCUT2D eigenvalue weighted by molar-refractivity contribution is 6.61. The molecule has 1 heterocycles. The Balaban J connectivity index is 0.00000324. The van der Waals surface area contributed by atoms with Crippen molar-refractivity contribution in [3.8, 4) is 0 Å². The van der Waals surface area contributed by atoms with Gasteiger partial charge in [0.05, 0.1) is 6.61 Å². The molecule has 0 spiro atoms. The van der Waals surface area contributed by atoms with Crippen molar-refractivity contribution in [2.24, 2.45) is 0 Å². The van der Waals surface area contributed by atoms with Crippen molar-refractivity contribution in [2.45, 2.75) is 25.6 Å². The molecule has 6 nitrogen and oxygen atoms in total. The van der Waals surface area contributed by atoms with Gasteiger partial charge in [0.1, 0.15) is 18.9 Å². The summed E-state index contributed by atoms with van der Waals surface area (Å²) >= 11 is 0. The minimum atomic E-state index is -2.71. The van der Waals surface area contributed by atoms with Crippen LogP contribution in [0.1, 0.15) is 19.0 Å². The van der Waals surface area contributed by atoms with Crippen molar-refractivity contribution in [2.75, 3.05) is 27.9 Å². The summed E-state index contributed by atoms with van der Waals surface area (Å²) in [5.41, 5.74) is 0.0254. The first-order valence-corrected chi connectivity index (χ1v) is 7.80. The Morgan fingerprint density at radius 2 is 1.84 bits per heavy atom. The van der Waals surface area contributed by atoms with E-state index in [1.165, 1.54) is 0 Å². The zero-order valence-electron chi connectivity index (χ0n) is 11.9. The lowest BCUT2D eigenvalue weighted by Crippen LogP contribution is -3.00. The molecular weight excluding hydrogens is 332 g/mol. The molecule has 1 unspecified atom stereocenters. The molecule has 112 valence electrons. The zero-order chi connectivity index (χ0) is 13.6. The summed E-state index contributed by atoms with van der Waals surface area (Å²) in [6.07, 6.45) is 6.64. The van der Waals surface area contributed by atoms with E-state index >= 15 is 0 Å². The second-order valence-electron chi connectivity index (χ2n) is 3.96. The van der Waals surface area contributed by atoms with Crippen molar-refractivity contribution in [1.29, 1.82) is 0 Å². The average Bonchev–Trinajstić information content (AvgIpc) is 2.85. The monoisotopic (exact) mass is 354 g/mol. The first-order chi connectivity index (χ1) is 8.67. The van der Waals surface area contributed by atoms with Crippen LogP contribution >= 0.6 is 0 Å². The fraction of sp³-hybridized carbons (Fsp3) is 0.727. The Morgan fingerprint density at radius 3 is 2.26 bits per heavy atom. The first kappa shape index (κ1) is 18.7. The molecule has 8 heteroatoms. The number of aliphatic hydroxyl groups is 1. The SMILES string of the molecule is CCC(n1cc[n+](CCO)c1)[Si](OC)(OC)OC.[Br-]. The molecule has 0 saturated carbocycles. The van der Waals surface area contributed by atoms with Gasteiger partial charge < -0.3 is 35.4 Å². The fourth-order valence-corrected chi connectivity index (χ4v) is 4.48. The van der Waals surface area contributed by atoms with Crippen molar-refractivity contribution in [1.82, 2.24) is 4.57 Å². The minimum absolute atomic E-state index is 0. The van der Waals surface area contributed by atoms with Gasteiger partial charge in [0, 0.05) is 21.3 Å². The Hall–Kier alpha value is -0.253. The Labute approximate surface area is 126 Å².